The minimum absolute atomic E-state index is 0.0490. The van der Waals surface area contributed by atoms with E-state index < -0.39 is 5.82 Å². The highest BCUT2D eigenvalue weighted by Crippen LogP contribution is 2.24. The fourth-order valence-electron chi connectivity index (χ4n) is 2.02. The van der Waals surface area contributed by atoms with Gasteiger partial charge >= 0.3 is 0 Å². The highest BCUT2D eigenvalue weighted by Gasteiger charge is 2.23. The van der Waals surface area contributed by atoms with Gasteiger partial charge in [-0.15, -0.1) is 0 Å². The van der Waals surface area contributed by atoms with Gasteiger partial charge in [0.15, 0.2) is 22.9 Å². The Hall–Kier alpha value is -1.68. The second-order valence-electron chi connectivity index (χ2n) is 4.42. The van der Waals surface area contributed by atoms with Crippen LogP contribution in [0, 0.1) is 11.7 Å². The van der Waals surface area contributed by atoms with Gasteiger partial charge in [0.05, 0.1) is 0 Å². The summed E-state index contributed by atoms with van der Waals surface area (Å²) in [6.07, 6.45) is 0.467. The summed E-state index contributed by atoms with van der Waals surface area (Å²) in [5.74, 6) is 0.177. The Labute approximate surface area is 97.6 Å². The van der Waals surface area contributed by atoms with Crippen molar-refractivity contribution in [3.63, 3.8) is 0 Å². The van der Waals surface area contributed by atoms with Crippen molar-refractivity contribution in [2.24, 2.45) is 5.92 Å². The molecule has 88 valence electrons. The van der Waals surface area contributed by atoms with Gasteiger partial charge in [0.25, 0.3) is 0 Å². The minimum Gasteiger partial charge on any atom is -0.450 e. The quantitative estimate of drug-likeness (QED) is 0.827. The van der Waals surface area contributed by atoms with Gasteiger partial charge in [-0.05, 0) is 31.1 Å². The van der Waals surface area contributed by atoms with Gasteiger partial charge in [0.2, 0.25) is 0 Å². The number of ketones is 1. The first kappa shape index (κ1) is 10.5. The van der Waals surface area contributed by atoms with Crippen molar-refractivity contribution in [2.45, 2.75) is 6.42 Å². The molecular formula is C13H12FNO2. The number of hydrogen-bond acceptors (Lipinski definition) is 3. The van der Waals surface area contributed by atoms with Crippen molar-refractivity contribution in [3.8, 4) is 0 Å². The van der Waals surface area contributed by atoms with E-state index in [2.05, 4.69) is 5.32 Å². The second-order valence-corrected chi connectivity index (χ2v) is 4.42. The molecule has 4 heteroatoms. The first-order valence-corrected chi connectivity index (χ1v) is 5.66. The van der Waals surface area contributed by atoms with E-state index in [1.54, 1.807) is 18.2 Å². The molecule has 0 bridgehead atoms. The van der Waals surface area contributed by atoms with Crippen LogP contribution in [0.5, 0.6) is 0 Å². The van der Waals surface area contributed by atoms with Crippen LogP contribution in [0.2, 0.25) is 0 Å². The molecule has 2 heterocycles. The van der Waals surface area contributed by atoms with Gasteiger partial charge in [0, 0.05) is 11.8 Å². The third-order valence-electron chi connectivity index (χ3n) is 3.11. The van der Waals surface area contributed by atoms with E-state index in [9.17, 15) is 9.18 Å². The summed E-state index contributed by atoms with van der Waals surface area (Å²) in [5.41, 5.74) is 0.169. The van der Waals surface area contributed by atoms with Gasteiger partial charge in [0.1, 0.15) is 0 Å². The minimum atomic E-state index is -0.424. The lowest BCUT2D eigenvalue weighted by Crippen LogP contribution is -2.42. The molecule has 3 nitrogen and oxygen atoms in total. The summed E-state index contributed by atoms with van der Waals surface area (Å²) >= 11 is 0. The van der Waals surface area contributed by atoms with E-state index >= 15 is 0 Å². The number of nitrogens with one attached hydrogen (secondary N) is 1. The van der Waals surface area contributed by atoms with Crippen LogP contribution in [0.25, 0.3) is 11.0 Å². The van der Waals surface area contributed by atoms with Crippen molar-refractivity contribution in [1.29, 1.82) is 0 Å². The molecule has 0 aliphatic carbocycles. The van der Waals surface area contributed by atoms with Crippen molar-refractivity contribution in [3.05, 3.63) is 35.8 Å². The van der Waals surface area contributed by atoms with E-state index in [1.165, 1.54) is 6.07 Å². The predicted molar refractivity (Wildman–Crippen MR) is 61.5 cm³/mol. The Kier molecular flexibility index (Phi) is 2.44. The number of halogens is 1. The number of rotatable bonds is 3. The van der Waals surface area contributed by atoms with Crippen LogP contribution in [-0.2, 0) is 0 Å². The second kappa shape index (κ2) is 3.96. The standard InChI is InChI=1S/C13H12FNO2/c14-10-3-1-2-9-5-12(17-13(9)10)11(16)4-8-6-15-7-8/h1-3,5,8,15H,4,6-7H2. The Morgan fingerprint density at radius 2 is 2.29 bits per heavy atom. The van der Waals surface area contributed by atoms with Crippen molar-refractivity contribution >= 4 is 16.8 Å². The smallest absolute Gasteiger partial charge is 0.198 e. The molecule has 1 fully saturated rings. The number of benzene rings is 1. The molecule has 0 spiro atoms. The number of Topliss-reactive ketones (excluding diaryl/α,β-unsaturated/α-hetero) is 1. The lowest BCUT2D eigenvalue weighted by atomic mass is 9.96. The molecule has 1 aliphatic heterocycles. The van der Waals surface area contributed by atoms with Gasteiger partial charge in [-0.3, -0.25) is 4.79 Å². The average molecular weight is 233 g/mol. The van der Waals surface area contributed by atoms with E-state index in [4.69, 9.17) is 4.42 Å². The summed E-state index contributed by atoms with van der Waals surface area (Å²) in [7, 11) is 0. The lowest BCUT2D eigenvalue weighted by Gasteiger charge is -2.25. The zero-order chi connectivity index (χ0) is 11.8. The molecule has 0 atom stereocenters. The molecule has 1 saturated heterocycles. The molecule has 17 heavy (non-hydrogen) atoms. The molecule has 0 unspecified atom stereocenters. The number of carbonyl (C=O) groups is 1. The van der Waals surface area contributed by atoms with E-state index in [1.807, 2.05) is 0 Å². The van der Waals surface area contributed by atoms with Crippen LogP contribution < -0.4 is 5.32 Å². The number of fused-ring (bicyclic) bond motifs is 1. The predicted octanol–water partition coefficient (Wildman–Crippen LogP) is 2.36. The molecule has 1 aromatic carbocycles. The summed E-state index contributed by atoms with van der Waals surface area (Å²) in [5, 5.41) is 3.75. The maximum Gasteiger partial charge on any atom is 0.198 e. The first-order valence-electron chi connectivity index (χ1n) is 5.66. The zero-order valence-corrected chi connectivity index (χ0v) is 9.20. The number of furan rings is 1. The maximum atomic E-state index is 13.4. The maximum absolute atomic E-state index is 13.4. The largest absolute Gasteiger partial charge is 0.450 e. The molecule has 0 saturated carbocycles. The van der Waals surface area contributed by atoms with Crippen LogP contribution in [-0.4, -0.2) is 18.9 Å². The molecule has 2 aromatic rings. The fraction of sp³-hybridized carbons (Fsp3) is 0.308. The van der Waals surface area contributed by atoms with E-state index in [0.717, 1.165) is 13.1 Å². The van der Waals surface area contributed by atoms with Gasteiger partial charge in [-0.25, -0.2) is 4.39 Å². The Bertz CT molecular complexity index is 572. The molecule has 0 radical (unpaired) electrons. The Balaban J connectivity index is 1.89. The summed E-state index contributed by atoms with van der Waals surface area (Å²) in [6, 6.07) is 6.30. The van der Waals surface area contributed by atoms with Crippen LogP contribution in [0.15, 0.2) is 28.7 Å². The van der Waals surface area contributed by atoms with Crippen molar-refractivity contribution in [1.82, 2.24) is 5.32 Å². The molecule has 3 rings (SSSR count). The molecular weight excluding hydrogens is 221 g/mol. The van der Waals surface area contributed by atoms with Gasteiger partial charge in [-0.1, -0.05) is 12.1 Å². The Morgan fingerprint density at radius 3 is 2.94 bits per heavy atom. The topological polar surface area (TPSA) is 42.2 Å². The third-order valence-corrected chi connectivity index (χ3v) is 3.11. The zero-order valence-electron chi connectivity index (χ0n) is 9.20. The molecule has 1 aliphatic rings. The SMILES string of the molecule is O=C(CC1CNC1)c1cc2cccc(F)c2o1. The van der Waals surface area contributed by atoms with Crippen LogP contribution in [0.3, 0.4) is 0 Å². The third kappa shape index (κ3) is 1.85. The van der Waals surface area contributed by atoms with Crippen molar-refractivity contribution in [2.75, 3.05) is 13.1 Å². The number of para-hydroxylation sites is 1. The highest BCUT2D eigenvalue weighted by molar-refractivity contribution is 5.97. The van der Waals surface area contributed by atoms with Gasteiger partial charge < -0.3 is 9.73 Å². The molecule has 0 amide bonds. The van der Waals surface area contributed by atoms with Crippen LogP contribution >= 0.6 is 0 Å². The van der Waals surface area contributed by atoms with Crippen LogP contribution in [0.4, 0.5) is 4.39 Å². The number of hydrogen-bond donors (Lipinski definition) is 1. The van der Waals surface area contributed by atoms with Crippen molar-refractivity contribution < 1.29 is 13.6 Å². The van der Waals surface area contributed by atoms with Gasteiger partial charge in [-0.2, -0.15) is 0 Å². The summed E-state index contributed by atoms with van der Waals surface area (Å²) < 4.78 is 18.7. The molecule has 1 N–H and O–H groups in total. The van der Waals surface area contributed by atoms with Crippen LogP contribution in [0.1, 0.15) is 17.0 Å². The van der Waals surface area contributed by atoms with E-state index in [-0.39, 0.29) is 17.1 Å². The molecule has 1 aromatic heterocycles. The normalized spacial score (nSPS) is 16.1. The van der Waals surface area contributed by atoms with E-state index in [0.29, 0.717) is 17.7 Å². The first-order chi connectivity index (χ1) is 8.24. The Morgan fingerprint density at radius 1 is 1.47 bits per heavy atom. The average Bonchev–Trinajstić information content (AvgIpc) is 2.68. The summed E-state index contributed by atoms with van der Waals surface area (Å²) in [4.78, 5) is 11.9. The fourth-order valence-corrected chi connectivity index (χ4v) is 2.02. The highest BCUT2D eigenvalue weighted by atomic mass is 19.1. The monoisotopic (exact) mass is 233 g/mol. The lowest BCUT2D eigenvalue weighted by molar-refractivity contribution is 0.0920. The number of carbonyl (C=O) groups excluding carboxylic acids is 1. The summed E-state index contributed by atoms with van der Waals surface area (Å²) in [6.45, 7) is 1.75.